The molecule has 0 saturated carbocycles. The number of aliphatic imine (C=N–C) groups is 1. The van der Waals surface area contributed by atoms with Crippen LogP contribution in [0.3, 0.4) is 0 Å². The van der Waals surface area contributed by atoms with Crippen molar-refractivity contribution in [3.05, 3.63) is 34.5 Å². The zero-order valence-corrected chi connectivity index (χ0v) is 18.8. The van der Waals surface area contributed by atoms with Crippen LogP contribution in [0.25, 0.3) is 0 Å². The lowest BCUT2D eigenvalue weighted by atomic mass is 10.1. The molecule has 0 atom stereocenters. The normalized spacial score (nSPS) is 15.7. The minimum Gasteiger partial charge on any atom is -0.361 e. The third-order valence-corrected chi connectivity index (χ3v) is 4.79. The van der Waals surface area contributed by atoms with Gasteiger partial charge in [0.2, 0.25) is 0 Å². The minimum atomic E-state index is 0. The fourth-order valence-electron chi connectivity index (χ4n) is 3.33. The van der Waals surface area contributed by atoms with Gasteiger partial charge < -0.3 is 19.3 Å². The number of hydrogen-bond acceptors (Lipinski definition) is 6. The Morgan fingerprint density at radius 2 is 1.89 bits per heavy atom. The Balaban J connectivity index is 0.00000261. The van der Waals surface area contributed by atoms with Gasteiger partial charge in [-0.05, 0) is 27.2 Å². The average molecular weight is 488 g/mol. The number of aromatic nitrogens is 2. The Hall–Kier alpha value is -1.62. The van der Waals surface area contributed by atoms with E-state index in [1.54, 1.807) is 0 Å². The van der Waals surface area contributed by atoms with Gasteiger partial charge in [-0.3, -0.25) is 9.89 Å². The van der Waals surface area contributed by atoms with Crippen molar-refractivity contribution in [2.75, 3.05) is 39.8 Å². The van der Waals surface area contributed by atoms with Crippen molar-refractivity contribution in [3.63, 3.8) is 0 Å². The predicted octanol–water partition coefficient (Wildman–Crippen LogP) is 2.14. The van der Waals surface area contributed by atoms with Crippen LogP contribution in [0.2, 0.25) is 0 Å². The van der Waals surface area contributed by atoms with Crippen LogP contribution in [-0.4, -0.2) is 65.8 Å². The number of hydrogen-bond donors (Lipinski definition) is 1. The summed E-state index contributed by atoms with van der Waals surface area (Å²) in [6.07, 6.45) is 0.881. The second kappa shape index (κ2) is 10.1. The molecule has 3 rings (SSSR count). The summed E-state index contributed by atoms with van der Waals surface area (Å²) in [5.41, 5.74) is 3.15. The summed E-state index contributed by atoms with van der Waals surface area (Å²) in [5, 5.41) is 11.5. The molecule has 0 bridgehead atoms. The Morgan fingerprint density at radius 3 is 2.44 bits per heavy atom. The van der Waals surface area contributed by atoms with E-state index in [0.29, 0.717) is 0 Å². The van der Waals surface area contributed by atoms with Gasteiger partial charge in [-0.1, -0.05) is 10.3 Å². The van der Waals surface area contributed by atoms with Gasteiger partial charge in [0.1, 0.15) is 11.5 Å². The molecular weight excluding hydrogens is 459 g/mol. The molecule has 27 heavy (non-hydrogen) atoms. The highest BCUT2D eigenvalue weighted by Gasteiger charge is 2.20. The van der Waals surface area contributed by atoms with Gasteiger partial charge >= 0.3 is 0 Å². The Kier molecular flexibility index (Phi) is 8.08. The zero-order valence-electron chi connectivity index (χ0n) is 16.5. The van der Waals surface area contributed by atoms with E-state index in [1.807, 2.05) is 33.9 Å². The Bertz CT molecular complexity index is 729. The topological polar surface area (TPSA) is 82.9 Å². The van der Waals surface area contributed by atoms with Gasteiger partial charge in [-0.15, -0.1) is 24.0 Å². The van der Waals surface area contributed by atoms with E-state index in [9.17, 15) is 0 Å². The molecule has 8 nitrogen and oxygen atoms in total. The summed E-state index contributed by atoms with van der Waals surface area (Å²) in [6.45, 7) is 11.4. The lowest BCUT2D eigenvalue weighted by Gasteiger charge is -2.36. The fourth-order valence-corrected chi connectivity index (χ4v) is 3.33. The molecule has 1 aliphatic heterocycles. The SMILES string of the molecule is CN=C(NCCc1c(C)noc1C)N1CCN(Cc2cc(C)on2)CC1.I. The molecule has 9 heteroatoms. The van der Waals surface area contributed by atoms with Gasteiger partial charge in [-0.25, -0.2) is 0 Å². The summed E-state index contributed by atoms with van der Waals surface area (Å²) in [6, 6.07) is 2.00. The average Bonchev–Trinajstić information content (AvgIpc) is 3.19. The van der Waals surface area contributed by atoms with Gasteiger partial charge in [0.05, 0.1) is 11.4 Å². The Labute approximate surface area is 177 Å². The van der Waals surface area contributed by atoms with Gasteiger partial charge in [0.25, 0.3) is 0 Å². The maximum atomic E-state index is 5.22. The molecule has 1 aliphatic rings. The minimum absolute atomic E-state index is 0. The number of halogens is 1. The summed E-state index contributed by atoms with van der Waals surface area (Å²) in [7, 11) is 1.84. The molecule has 0 aromatic carbocycles. The van der Waals surface area contributed by atoms with Crippen molar-refractivity contribution >= 4 is 29.9 Å². The zero-order chi connectivity index (χ0) is 18.5. The summed E-state index contributed by atoms with van der Waals surface area (Å²) < 4.78 is 10.4. The van der Waals surface area contributed by atoms with Crippen LogP contribution in [0.1, 0.15) is 28.5 Å². The van der Waals surface area contributed by atoms with Gasteiger partial charge in [-0.2, -0.15) is 0 Å². The molecule has 1 fully saturated rings. The maximum absolute atomic E-state index is 5.22. The van der Waals surface area contributed by atoms with Crippen molar-refractivity contribution in [1.29, 1.82) is 0 Å². The largest absolute Gasteiger partial charge is 0.361 e. The van der Waals surface area contributed by atoms with E-state index in [1.165, 1.54) is 5.56 Å². The van der Waals surface area contributed by atoms with Crippen molar-refractivity contribution < 1.29 is 9.05 Å². The number of rotatable bonds is 5. The van der Waals surface area contributed by atoms with Crippen molar-refractivity contribution in [2.24, 2.45) is 4.99 Å². The third-order valence-electron chi connectivity index (χ3n) is 4.79. The van der Waals surface area contributed by atoms with E-state index >= 15 is 0 Å². The second-order valence-corrected chi connectivity index (χ2v) is 6.72. The first-order valence-corrected chi connectivity index (χ1v) is 9.08. The number of nitrogens with zero attached hydrogens (tertiary/aromatic N) is 5. The van der Waals surface area contributed by atoms with E-state index < -0.39 is 0 Å². The third kappa shape index (κ3) is 5.68. The standard InChI is InChI=1S/C18H28N6O2.HI/c1-13-11-16(22-25-13)12-23-7-9-24(10-8-23)18(19-4)20-6-5-17-14(2)21-26-15(17)3;/h11H,5-10,12H2,1-4H3,(H,19,20);1H. The van der Waals surface area contributed by atoms with Gasteiger partial charge in [0.15, 0.2) is 5.96 Å². The monoisotopic (exact) mass is 488 g/mol. The molecule has 1 saturated heterocycles. The highest BCUT2D eigenvalue weighted by Crippen LogP contribution is 2.12. The lowest BCUT2D eigenvalue weighted by Crippen LogP contribution is -2.52. The molecule has 0 amide bonds. The summed E-state index contributed by atoms with van der Waals surface area (Å²) >= 11 is 0. The Morgan fingerprint density at radius 1 is 1.15 bits per heavy atom. The summed E-state index contributed by atoms with van der Waals surface area (Å²) in [5.74, 6) is 2.71. The van der Waals surface area contributed by atoms with E-state index in [4.69, 9.17) is 9.05 Å². The van der Waals surface area contributed by atoms with Crippen molar-refractivity contribution in [3.8, 4) is 0 Å². The van der Waals surface area contributed by atoms with E-state index in [0.717, 1.165) is 74.6 Å². The van der Waals surface area contributed by atoms with Crippen LogP contribution < -0.4 is 5.32 Å². The van der Waals surface area contributed by atoms with Gasteiger partial charge in [0, 0.05) is 57.9 Å². The fraction of sp³-hybridized carbons (Fsp3) is 0.611. The van der Waals surface area contributed by atoms with Crippen LogP contribution in [0.15, 0.2) is 20.1 Å². The molecule has 0 unspecified atom stereocenters. The lowest BCUT2D eigenvalue weighted by molar-refractivity contribution is 0.169. The van der Waals surface area contributed by atoms with Crippen LogP contribution in [0.4, 0.5) is 0 Å². The summed E-state index contributed by atoms with van der Waals surface area (Å²) in [4.78, 5) is 9.13. The first-order valence-electron chi connectivity index (χ1n) is 9.08. The smallest absolute Gasteiger partial charge is 0.193 e. The second-order valence-electron chi connectivity index (χ2n) is 6.72. The molecule has 2 aromatic rings. The van der Waals surface area contributed by atoms with Crippen LogP contribution >= 0.6 is 24.0 Å². The molecule has 150 valence electrons. The number of aryl methyl sites for hydroxylation is 3. The number of guanidine groups is 1. The molecule has 0 radical (unpaired) electrons. The van der Waals surface area contributed by atoms with Crippen LogP contribution in [0.5, 0.6) is 0 Å². The van der Waals surface area contributed by atoms with E-state index in [-0.39, 0.29) is 24.0 Å². The van der Waals surface area contributed by atoms with Crippen LogP contribution in [0, 0.1) is 20.8 Å². The molecular formula is C18H29IN6O2. The number of nitrogens with one attached hydrogen (secondary N) is 1. The van der Waals surface area contributed by atoms with Crippen molar-refractivity contribution in [2.45, 2.75) is 33.7 Å². The first-order chi connectivity index (χ1) is 12.6. The van der Waals surface area contributed by atoms with Crippen molar-refractivity contribution in [1.82, 2.24) is 25.4 Å². The predicted molar refractivity (Wildman–Crippen MR) is 115 cm³/mol. The molecule has 1 N–H and O–H groups in total. The molecule has 0 spiro atoms. The molecule has 0 aliphatic carbocycles. The number of piperazine rings is 1. The molecule has 3 heterocycles. The molecule has 2 aromatic heterocycles. The quantitative estimate of drug-likeness (QED) is 0.392. The highest BCUT2D eigenvalue weighted by atomic mass is 127. The van der Waals surface area contributed by atoms with Crippen LogP contribution in [-0.2, 0) is 13.0 Å². The highest BCUT2D eigenvalue weighted by molar-refractivity contribution is 14.0. The first kappa shape index (κ1) is 21.7. The van der Waals surface area contributed by atoms with E-state index in [2.05, 4.69) is 30.4 Å². The maximum Gasteiger partial charge on any atom is 0.193 e.